The van der Waals surface area contributed by atoms with Gasteiger partial charge in [-0.3, -0.25) is 4.79 Å². The van der Waals surface area contributed by atoms with E-state index < -0.39 is 41.9 Å². The van der Waals surface area contributed by atoms with Crippen LogP contribution in [0.5, 0.6) is 0 Å². The van der Waals surface area contributed by atoms with Gasteiger partial charge in [-0.1, -0.05) is 29.8 Å². The molecule has 0 saturated heterocycles. The molecule has 0 aliphatic rings. The molecule has 0 aromatic heterocycles. The maximum atomic E-state index is 13.9. The van der Waals surface area contributed by atoms with Crippen molar-refractivity contribution in [3.05, 3.63) is 70.2 Å². The van der Waals surface area contributed by atoms with Crippen molar-refractivity contribution in [2.45, 2.75) is 18.7 Å². The number of aliphatic hydroxyl groups is 1. The molecular weight excluding hydrogens is 393 g/mol. The first-order chi connectivity index (χ1) is 12.6. The van der Waals surface area contributed by atoms with Crippen molar-refractivity contribution in [2.24, 2.45) is 0 Å². The molecule has 1 N–H and O–H groups in total. The minimum Gasteiger partial charge on any atom is -0.382 e. The van der Waals surface area contributed by atoms with E-state index in [2.05, 4.69) is 0 Å². The van der Waals surface area contributed by atoms with Crippen molar-refractivity contribution in [3.63, 3.8) is 0 Å². The average molecular weight is 408 g/mol. The standard InChI is InChI=1S/C18H15ClF5NO2/c19-12-6-4-11(5-7-12)8-9-25(10-15(26)18(22,23)24)17(27)13-2-1-3-14(20)16(13)21/h1-7,15,26H,8-10H2/t15-/m1/s1. The molecule has 27 heavy (non-hydrogen) atoms. The maximum absolute atomic E-state index is 13.9. The third-order valence-corrected chi connectivity index (χ3v) is 4.08. The third-order valence-electron chi connectivity index (χ3n) is 3.82. The summed E-state index contributed by atoms with van der Waals surface area (Å²) in [6, 6.07) is 9.20. The van der Waals surface area contributed by atoms with E-state index in [9.17, 15) is 31.9 Å². The molecule has 2 rings (SSSR count). The van der Waals surface area contributed by atoms with Crippen LogP contribution in [0.3, 0.4) is 0 Å². The fourth-order valence-corrected chi connectivity index (χ4v) is 2.47. The van der Waals surface area contributed by atoms with E-state index >= 15 is 0 Å². The lowest BCUT2D eigenvalue weighted by Gasteiger charge is -2.26. The first kappa shape index (κ1) is 21.1. The lowest BCUT2D eigenvalue weighted by molar-refractivity contribution is -0.206. The summed E-state index contributed by atoms with van der Waals surface area (Å²) in [7, 11) is 0. The highest BCUT2D eigenvalue weighted by atomic mass is 35.5. The summed E-state index contributed by atoms with van der Waals surface area (Å²) in [6.45, 7) is -1.35. The third kappa shape index (κ3) is 5.64. The topological polar surface area (TPSA) is 40.5 Å². The Morgan fingerprint density at radius 2 is 1.74 bits per heavy atom. The summed E-state index contributed by atoms with van der Waals surface area (Å²) >= 11 is 5.76. The van der Waals surface area contributed by atoms with E-state index in [1.165, 1.54) is 0 Å². The zero-order valence-electron chi connectivity index (χ0n) is 13.8. The van der Waals surface area contributed by atoms with Crippen LogP contribution in [0.2, 0.25) is 5.02 Å². The monoisotopic (exact) mass is 407 g/mol. The fraction of sp³-hybridized carbons (Fsp3) is 0.278. The summed E-state index contributed by atoms with van der Waals surface area (Å²) in [5.74, 6) is -3.90. The zero-order chi connectivity index (χ0) is 20.2. The Balaban J connectivity index is 2.24. The summed E-state index contributed by atoms with van der Waals surface area (Å²) < 4.78 is 65.3. The Hall–Kier alpha value is -2.19. The van der Waals surface area contributed by atoms with Crippen molar-refractivity contribution < 1.29 is 31.9 Å². The number of carbonyl (C=O) groups is 1. The van der Waals surface area contributed by atoms with Crippen LogP contribution < -0.4 is 0 Å². The quantitative estimate of drug-likeness (QED) is 0.728. The van der Waals surface area contributed by atoms with Gasteiger partial charge in [0.1, 0.15) is 0 Å². The van der Waals surface area contributed by atoms with Gasteiger partial charge >= 0.3 is 6.18 Å². The fourth-order valence-electron chi connectivity index (χ4n) is 2.34. The second-order valence-corrected chi connectivity index (χ2v) is 6.22. The average Bonchev–Trinajstić information content (AvgIpc) is 2.60. The molecule has 0 aliphatic carbocycles. The number of hydrogen-bond acceptors (Lipinski definition) is 2. The smallest absolute Gasteiger partial charge is 0.382 e. The van der Waals surface area contributed by atoms with E-state index in [-0.39, 0.29) is 13.0 Å². The first-order valence-corrected chi connectivity index (χ1v) is 8.20. The Morgan fingerprint density at radius 3 is 2.33 bits per heavy atom. The number of amides is 1. The Labute approximate surface area is 157 Å². The molecule has 0 spiro atoms. The van der Waals surface area contributed by atoms with E-state index in [0.29, 0.717) is 15.5 Å². The van der Waals surface area contributed by atoms with E-state index in [0.717, 1.165) is 18.2 Å². The van der Waals surface area contributed by atoms with Gasteiger partial charge in [0, 0.05) is 11.6 Å². The number of benzene rings is 2. The van der Waals surface area contributed by atoms with Gasteiger partial charge in [-0.05, 0) is 36.2 Å². The van der Waals surface area contributed by atoms with Crippen molar-refractivity contribution in [2.75, 3.05) is 13.1 Å². The van der Waals surface area contributed by atoms with Crippen molar-refractivity contribution in [1.29, 1.82) is 0 Å². The predicted octanol–water partition coefficient (Wildman–Crippen LogP) is 4.23. The molecule has 146 valence electrons. The molecule has 2 aromatic carbocycles. The molecule has 0 bridgehead atoms. The van der Waals surface area contributed by atoms with E-state index in [4.69, 9.17) is 11.6 Å². The highest BCUT2D eigenvalue weighted by molar-refractivity contribution is 6.30. The predicted molar refractivity (Wildman–Crippen MR) is 89.5 cm³/mol. The van der Waals surface area contributed by atoms with Gasteiger partial charge in [0.05, 0.1) is 12.1 Å². The highest BCUT2D eigenvalue weighted by Gasteiger charge is 2.40. The molecule has 1 atom stereocenters. The van der Waals surface area contributed by atoms with Gasteiger partial charge in [-0.25, -0.2) is 8.78 Å². The molecule has 0 aliphatic heterocycles. The molecule has 0 fully saturated rings. The molecule has 3 nitrogen and oxygen atoms in total. The SMILES string of the molecule is O=C(c1cccc(F)c1F)N(CCc1ccc(Cl)cc1)C[C@@H](O)C(F)(F)F. The van der Waals surface area contributed by atoms with Crippen molar-refractivity contribution in [1.82, 2.24) is 4.90 Å². The number of aliphatic hydroxyl groups excluding tert-OH is 1. The van der Waals surface area contributed by atoms with Gasteiger partial charge in [0.2, 0.25) is 0 Å². The van der Waals surface area contributed by atoms with Crippen LogP contribution in [-0.4, -0.2) is 41.3 Å². The second kappa shape index (κ2) is 8.67. The van der Waals surface area contributed by atoms with Crippen LogP contribution in [-0.2, 0) is 6.42 Å². The Morgan fingerprint density at radius 1 is 1.11 bits per heavy atom. The molecule has 1 amide bonds. The molecule has 0 saturated carbocycles. The van der Waals surface area contributed by atoms with Crippen LogP contribution in [0.15, 0.2) is 42.5 Å². The normalized spacial score (nSPS) is 12.7. The molecular formula is C18H15ClF5NO2. The van der Waals surface area contributed by atoms with Gasteiger partial charge in [-0.2, -0.15) is 13.2 Å². The minimum absolute atomic E-state index is 0.129. The largest absolute Gasteiger partial charge is 0.416 e. The Kier molecular flexibility index (Phi) is 6.78. The second-order valence-electron chi connectivity index (χ2n) is 5.79. The maximum Gasteiger partial charge on any atom is 0.416 e. The molecule has 0 heterocycles. The number of halogens is 6. The summed E-state index contributed by atoms with van der Waals surface area (Å²) in [5, 5.41) is 9.76. The lowest BCUT2D eigenvalue weighted by Crippen LogP contribution is -2.44. The summed E-state index contributed by atoms with van der Waals surface area (Å²) in [6.07, 6.45) is -7.65. The number of rotatable bonds is 6. The van der Waals surface area contributed by atoms with Crippen LogP contribution >= 0.6 is 11.6 Å². The molecule has 9 heteroatoms. The summed E-state index contributed by atoms with van der Waals surface area (Å²) in [4.78, 5) is 13.1. The van der Waals surface area contributed by atoms with Crippen LogP contribution in [0.25, 0.3) is 0 Å². The van der Waals surface area contributed by atoms with Crippen molar-refractivity contribution >= 4 is 17.5 Å². The molecule has 2 aromatic rings. The first-order valence-electron chi connectivity index (χ1n) is 7.82. The van der Waals surface area contributed by atoms with E-state index in [1.807, 2.05) is 0 Å². The van der Waals surface area contributed by atoms with Crippen molar-refractivity contribution in [3.8, 4) is 0 Å². The van der Waals surface area contributed by atoms with Crippen LogP contribution in [0, 0.1) is 11.6 Å². The van der Waals surface area contributed by atoms with Gasteiger partial charge in [0.25, 0.3) is 5.91 Å². The summed E-state index contributed by atoms with van der Waals surface area (Å²) in [5.41, 5.74) is -0.0427. The van der Waals surface area contributed by atoms with Gasteiger partial charge in [0.15, 0.2) is 17.7 Å². The number of hydrogen-bond donors (Lipinski definition) is 1. The number of nitrogens with zero attached hydrogens (tertiary/aromatic N) is 1. The highest BCUT2D eigenvalue weighted by Crippen LogP contribution is 2.22. The van der Waals surface area contributed by atoms with Crippen LogP contribution in [0.4, 0.5) is 22.0 Å². The number of alkyl halides is 3. The van der Waals surface area contributed by atoms with E-state index in [1.54, 1.807) is 24.3 Å². The zero-order valence-corrected chi connectivity index (χ0v) is 14.6. The minimum atomic E-state index is -4.96. The number of carbonyl (C=O) groups excluding carboxylic acids is 1. The van der Waals surface area contributed by atoms with Gasteiger partial charge in [-0.15, -0.1) is 0 Å². The Bertz CT molecular complexity index is 795. The molecule has 0 unspecified atom stereocenters. The van der Waals surface area contributed by atoms with Gasteiger partial charge < -0.3 is 10.0 Å². The molecule has 0 radical (unpaired) electrons. The van der Waals surface area contributed by atoms with Crippen LogP contribution in [0.1, 0.15) is 15.9 Å². The lowest BCUT2D eigenvalue weighted by atomic mass is 10.1.